The largest absolute Gasteiger partial charge is 0.418 e. The van der Waals surface area contributed by atoms with Crippen molar-refractivity contribution in [1.29, 1.82) is 0 Å². The second-order valence-electron chi connectivity index (χ2n) is 9.15. The fraction of sp³-hybridized carbons (Fsp3) is 0.333. The van der Waals surface area contributed by atoms with Crippen LogP contribution in [0.15, 0.2) is 59.8 Å². The van der Waals surface area contributed by atoms with Crippen LogP contribution in [0.3, 0.4) is 0 Å². The van der Waals surface area contributed by atoms with Crippen LogP contribution in [0.4, 0.5) is 24.5 Å². The predicted molar refractivity (Wildman–Crippen MR) is 114 cm³/mol. The Morgan fingerprint density at radius 2 is 1.67 bits per heavy atom. The minimum atomic E-state index is -4.68. The molecule has 1 unspecified atom stereocenters. The summed E-state index contributed by atoms with van der Waals surface area (Å²) in [6, 6.07) is 10.4. The van der Waals surface area contributed by atoms with E-state index in [1.54, 1.807) is 0 Å². The highest BCUT2D eigenvalue weighted by Crippen LogP contribution is 2.49. The van der Waals surface area contributed by atoms with Gasteiger partial charge < -0.3 is 0 Å². The Morgan fingerprint density at radius 3 is 2.27 bits per heavy atom. The number of amides is 1. The Bertz CT molecular complexity index is 1180. The zero-order valence-electron chi connectivity index (χ0n) is 18.0. The zero-order chi connectivity index (χ0) is 24.1. The lowest BCUT2D eigenvalue weighted by Crippen LogP contribution is -2.44. The highest BCUT2D eigenvalue weighted by molar-refractivity contribution is 6.08. The molecular weight excluding hydrogens is 437 g/mol. The monoisotopic (exact) mass is 458 g/mol. The van der Waals surface area contributed by atoms with Crippen LogP contribution in [0.25, 0.3) is 0 Å². The molecule has 172 valence electrons. The number of ketones is 1. The minimum absolute atomic E-state index is 0.132. The van der Waals surface area contributed by atoms with E-state index in [2.05, 4.69) is 0 Å². The second kappa shape index (κ2) is 7.83. The summed E-state index contributed by atoms with van der Waals surface area (Å²) in [5, 5.41) is 11.0. The van der Waals surface area contributed by atoms with Gasteiger partial charge in [0.25, 0.3) is 5.69 Å². The maximum atomic E-state index is 13.8. The van der Waals surface area contributed by atoms with Gasteiger partial charge in [-0.2, -0.15) is 13.2 Å². The molecule has 4 rings (SSSR count). The molecule has 1 aliphatic heterocycles. The van der Waals surface area contributed by atoms with Crippen molar-refractivity contribution >= 4 is 23.1 Å². The molecule has 9 heteroatoms. The summed E-state index contributed by atoms with van der Waals surface area (Å²) < 4.78 is 41.3. The smallest absolute Gasteiger partial charge is 0.294 e. The summed E-state index contributed by atoms with van der Waals surface area (Å²) in [7, 11) is 0. The number of hydrogen-bond donors (Lipinski definition) is 0. The van der Waals surface area contributed by atoms with Gasteiger partial charge in [-0.15, -0.1) is 0 Å². The zero-order valence-corrected chi connectivity index (χ0v) is 18.0. The SMILES string of the molecule is CC1(C)CC(=O)C2=C(C1)N(c1ccccc1C(F)(F)F)C(=O)CC2c1ccc([N+](=O)[O-])cc1. The lowest BCUT2D eigenvalue weighted by molar-refractivity contribution is -0.384. The van der Waals surface area contributed by atoms with Crippen LogP contribution in [0.5, 0.6) is 0 Å². The molecule has 0 saturated carbocycles. The molecule has 6 nitrogen and oxygen atoms in total. The van der Waals surface area contributed by atoms with Crippen LogP contribution in [0.1, 0.15) is 50.2 Å². The standard InChI is InChI=1S/C24H21F3N2O4/c1-23(2)12-19-22(20(30)13-23)16(14-7-9-15(10-8-14)29(32)33)11-21(31)28(19)18-6-4-3-5-17(18)24(25,26)27/h3-10,16H,11-13H2,1-2H3. The number of halogens is 3. The molecule has 33 heavy (non-hydrogen) atoms. The number of nitrogens with zero attached hydrogens (tertiary/aromatic N) is 2. The maximum Gasteiger partial charge on any atom is 0.418 e. The van der Waals surface area contributed by atoms with Crippen molar-refractivity contribution < 1.29 is 27.7 Å². The molecule has 0 N–H and O–H groups in total. The molecule has 0 radical (unpaired) electrons. The number of hydrogen-bond acceptors (Lipinski definition) is 4. The van der Waals surface area contributed by atoms with Gasteiger partial charge >= 0.3 is 6.18 Å². The highest BCUT2D eigenvalue weighted by atomic mass is 19.4. The van der Waals surface area contributed by atoms with Crippen molar-refractivity contribution in [3.05, 3.63) is 81.0 Å². The third kappa shape index (κ3) is 4.15. The number of para-hydroxylation sites is 1. The van der Waals surface area contributed by atoms with Gasteiger partial charge in [-0.3, -0.25) is 24.6 Å². The number of nitro groups is 1. The van der Waals surface area contributed by atoms with E-state index < -0.39 is 33.9 Å². The number of non-ortho nitro benzene ring substituents is 1. The minimum Gasteiger partial charge on any atom is -0.294 e. The summed E-state index contributed by atoms with van der Waals surface area (Å²) in [5.41, 5.74) is -0.804. The van der Waals surface area contributed by atoms with E-state index >= 15 is 0 Å². The van der Waals surface area contributed by atoms with Crippen LogP contribution >= 0.6 is 0 Å². The molecule has 0 aromatic heterocycles. The first-order chi connectivity index (χ1) is 15.4. The van der Waals surface area contributed by atoms with Gasteiger partial charge in [-0.1, -0.05) is 38.1 Å². The lowest BCUT2D eigenvalue weighted by Gasteiger charge is -2.43. The van der Waals surface area contributed by atoms with Crippen LogP contribution in [0, 0.1) is 15.5 Å². The Labute approximate surface area is 187 Å². The first kappa shape index (κ1) is 22.7. The molecular formula is C24H21F3N2O4. The first-order valence-electron chi connectivity index (χ1n) is 10.4. The lowest BCUT2D eigenvalue weighted by atomic mass is 9.69. The summed E-state index contributed by atoms with van der Waals surface area (Å²) in [6.45, 7) is 3.67. The van der Waals surface area contributed by atoms with E-state index in [0.29, 0.717) is 11.1 Å². The average molecular weight is 458 g/mol. The molecule has 1 heterocycles. The molecule has 0 saturated heterocycles. The van der Waals surface area contributed by atoms with Gasteiger partial charge in [0, 0.05) is 42.2 Å². The molecule has 0 spiro atoms. The van der Waals surface area contributed by atoms with Gasteiger partial charge in [0.2, 0.25) is 5.91 Å². The van der Waals surface area contributed by atoms with E-state index in [1.807, 2.05) is 13.8 Å². The Morgan fingerprint density at radius 1 is 1.03 bits per heavy atom. The Kier molecular flexibility index (Phi) is 5.38. The van der Waals surface area contributed by atoms with Crippen LogP contribution < -0.4 is 4.90 Å². The van der Waals surface area contributed by atoms with Gasteiger partial charge in [0.15, 0.2) is 5.78 Å². The summed E-state index contributed by atoms with van der Waals surface area (Å²) >= 11 is 0. The van der Waals surface area contributed by atoms with E-state index in [-0.39, 0.29) is 42.1 Å². The number of carbonyl (C=O) groups excluding carboxylic acids is 2. The number of allylic oxidation sites excluding steroid dienone is 2. The van der Waals surface area contributed by atoms with Crippen molar-refractivity contribution in [3.8, 4) is 0 Å². The molecule has 1 amide bonds. The highest BCUT2D eigenvalue weighted by Gasteiger charge is 2.46. The number of anilines is 1. The van der Waals surface area contributed by atoms with E-state index in [4.69, 9.17) is 0 Å². The normalized spacial score (nSPS) is 20.6. The topological polar surface area (TPSA) is 80.5 Å². The molecule has 0 fully saturated rings. The van der Waals surface area contributed by atoms with Gasteiger partial charge in [0.05, 0.1) is 16.2 Å². The molecule has 1 atom stereocenters. The first-order valence-corrected chi connectivity index (χ1v) is 10.4. The Hall–Kier alpha value is -3.49. The third-order valence-corrected chi connectivity index (χ3v) is 6.10. The van der Waals surface area contributed by atoms with Crippen molar-refractivity contribution in [2.24, 2.45) is 5.41 Å². The molecule has 0 bridgehead atoms. The maximum absolute atomic E-state index is 13.8. The molecule has 2 aliphatic rings. The van der Waals surface area contributed by atoms with Crippen LogP contribution in [-0.2, 0) is 15.8 Å². The van der Waals surface area contributed by atoms with Gasteiger partial charge in [-0.05, 0) is 29.5 Å². The van der Waals surface area contributed by atoms with Crippen molar-refractivity contribution in [1.82, 2.24) is 0 Å². The molecule has 1 aliphatic carbocycles. The fourth-order valence-electron chi connectivity index (χ4n) is 4.72. The number of rotatable bonds is 3. The number of carbonyl (C=O) groups is 2. The van der Waals surface area contributed by atoms with Crippen LogP contribution in [0.2, 0.25) is 0 Å². The van der Waals surface area contributed by atoms with Crippen molar-refractivity contribution in [2.75, 3.05) is 4.90 Å². The van der Waals surface area contributed by atoms with Crippen molar-refractivity contribution in [3.63, 3.8) is 0 Å². The quantitative estimate of drug-likeness (QED) is 0.432. The Balaban J connectivity index is 1.91. The average Bonchev–Trinajstić information content (AvgIpc) is 2.71. The van der Waals surface area contributed by atoms with Gasteiger partial charge in [-0.25, -0.2) is 0 Å². The van der Waals surface area contributed by atoms with E-state index in [1.165, 1.54) is 42.5 Å². The number of Topliss-reactive ketones (excluding diaryl/α,β-unsaturated/α-hetero) is 1. The third-order valence-electron chi connectivity index (χ3n) is 6.10. The summed E-state index contributed by atoms with van der Waals surface area (Å²) in [5.74, 6) is -1.46. The van der Waals surface area contributed by atoms with Crippen LogP contribution in [-0.4, -0.2) is 16.6 Å². The summed E-state index contributed by atoms with van der Waals surface area (Å²) in [6.07, 6.45) is -4.45. The van der Waals surface area contributed by atoms with E-state index in [0.717, 1.165) is 11.0 Å². The number of alkyl halides is 3. The molecule has 2 aromatic carbocycles. The fourth-order valence-corrected chi connectivity index (χ4v) is 4.72. The number of benzene rings is 2. The number of nitro benzene ring substituents is 1. The van der Waals surface area contributed by atoms with E-state index in [9.17, 15) is 32.9 Å². The molecule has 2 aromatic rings. The van der Waals surface area contributed by atoms with Crippen molar-refractivity contribution in [2.45, 2.75) is 45.2 Å². The second-order valence-corrected chi connectivity index (χ2v) is 9.15. The predicted octanol–water partition coefficient (Wildman–Crippen LogP) is 5.78. The summed E-state index contributed by atoms with van der Waals surface area (Å²) in [4.78, 5) is 38.1. The van der Waals surface area contributed by atoms with Gasteiger partial charge in [0.1, 0.15) is 0 Å².